The van der Waals surface area contributed by atoms with Crippen molar-refractivity contribution in [1.29, 1.82) is 0 Å². The lowest BCUT2D eigenvalue weighted by Gasteiger charge is -2.31. The van der Waals surface area contributed by atoms with Crippen LogP contribution < -0.4 is 5.32 Å². The second-order valence-corrected chi connectivity index (χ2v) is 9.26. The molecule has 2 heterocycles. The summed E-state index contributed by atoms with van der Waals surface area (Å²) in [5.74, 6) is -0.795. The average molecular weight is 506 g/mol. The van der Waals surface area contributed by atoms with Gasteiger partial charge in [-0.3, -0.25) is 9.59 Å². The number of halogens is 4. The molecule has 0 aliphatic carbocycles. The minimum Gasteiger partial charge on any atom is -0.347 e. The van der Waals surface area contributed by atoms with Crippen molar-refractivity contribution in [1.82, 2.24) is 15.2 Å². The molecule has 2 aromatic carbocycles. The van der Waals surface area contributed by atoms with E-state index in [-0.39, 0.29) is 41.9 Å². The fourth-order valence-corrected chi connectivity index (χ4v) is 5.03. The molecular formula is C25H23F4N3O2S. The summed E-state index contributed by atoms with van der Waals surface area (Å²) in [6.07, 6.45) is -2.89. The topological polar surface area (TPSA) is 62.3 Å². The maximum absolute atomic E-state index is 13.1. The molecule has 4 rings (SSSR count). The highest BCUT2D eigenvalue weighted by molar-refractivity contribution is 7.09. The van der Waals surface area contributed by atoms with Crippen LogP contribution in [0.5, 0.6) is 0 Å². The molecule has 1 aliphatic rings. The van der Waals surface area contributed by atoms with E-state index in [2.05, 4.69) is 10.3 Å². The molecule has 5 nitrogen and oxygen atoms in total. The Bertz CT molecular complexity index is 1190. The zero-order chi connectivity index (χ0) is 25.0. The largest absolute Gasteiger partial charge is 0.416 e. The van der Waals surface area contributed by atoms with Crippen molar-refractivity contribution in [2.75, 3.05) is 13.1 Å². The third-order valence-electron chi connectivity index (χ3n) is 5.98. The monoisotopic (exact) mass is 505 g/mol. The number of rotatable bonds is 6. The number of nitrogens with zero attached hydrogens (tertiary/aromatic N) is 2. The quantitative estimate of drug-likeness (QED) is 0.470. The third-order valence-corrected chi connectivity index (χ3v) is 6.99. The van der Waals surface area contributed by atoms with Gasteiger partial charge in [0.15, 0.2) is 0 Å². The highest BCUT2D eigenvalue weighted by Crippen LogP contribution is 2.32. The average Bonchev–Trinajstić information content (AvgIpc) is 3.34. The van der Waals surface area contributed by atoms with Gasteiger partial charge in [-0.25, -0.2) is 9.37 Å². The first-order valence-corrected chi connectivity index (χ1v) is 12.0. The fourth-order valence-electron chi connectivity index (χ4n) is 4.06. The molecule has 0 spiro atoms. The number of aromatic nitrogens is 1. The van der Waals surface area contributed by atoms with Gasteiger partial charge in [-0.15, -0.1) is 11.3 Å². The summed E-state index contributed by atoms with van der Waals surface area (Å²) in [5.41, 5.74) is 0.137. The summed E-state index contributed by atoms with van der Waals surface area (Å²) in [5, 5.41) is 4.90. The van der Waals surface area contributed by atoms with Gasteiger partial charge in [-0.05, 0) is 42.2 Å². The zero-order valence-electron chi connectivity index (χ0n) is 18.6. The van der Waals surface area contributed by atoms with Gasteiger partial charge in [0.1, 0.15) is 11.5 Å². The number of thiazole rings is 1. The first kappa shape index (κ1) is 24.8. The Morgan fingerprint density at radius 2 is 1.74 bits per heavy atom. The van der Waals surface area contributed by atoms with Gasteiger partial charge in [0, 0.05) is 30.9 Å². The predicted octanol–water partition coefficient (Wildman–Crippen LogP) is 5.18. The summed E-state index contributed by atoms with van der Waals surface area (Å²) in [6, 6.07) is 11.0. The van der Waals surface area contributed by atoms with Gasteiger partial charge in [0.2, 0.25) is 5.91 Å². The second kappa shape index (κ2) is 10.6. The molecule has 0 atom stereocenters. The minimum atomic E-state index is -4.50. The smallest absolute Gasteiger partial charge is 0.347 e. The predicted molar refractivity (Wildman–Crippen MR) is 123 cm³/mol. The molecule has 0 unspecified atom stereocenters. The van der Waals surface area contributed by atoms with Crippen LogP contribution in [0.15, 0.2) is 53.9 Å². The number of carbonyl (C=O) groups is 2. The van der Waals surface area contributed by atoms with Gasteiger partial charge in [0.05, 0.1) is 17.0 Å². The minimum absolute atomic E-state index is 0.0125. The lowest BCUT2D eigenvalue weighted by molar-refractivity contribution is -0.138. The Balaban J connectivity index is 1.29. The molecule has 10 heteroatoms. The van der Waals surface area contributed by atoms with Crippen LogP contribution in [0.3, 0.4) is 0 Å². The van der Waals surface area contributed by atoms with Crippen molar-refractivity contribution in [3.63, 3.8) is 0 Å². The van der Waals surface area contributed by atoms with Crippen molar-refractivity contribution in [3.8, 4) is 0 Å². The number of piperidine rings is 1. The first-order valence-electron chi connectivity index (χ1n) is 11.1. The summed E-state index contributed by atoms with van der Waals surface area (Å²) >= 11 is 1.34. The lowest BCUT2D eigenvalue weighted by Crippen LogP contribution is -2.38. The van der Waals surface area contributed by atoms with E-state index in [9.17, 15) is 27.2 Å². The van der Waals surface area contributed by atoms with E-state index in [0.29, 0.717) is 25.9 Å². The summed E-state index contributed by atoms with van der Waals surface area (Å²) in [7, 11) is 0. The lowest BCUT2D eigenvalue weighted by atomic mass is 9.97. The van der Waals surface area contributed by atoms with Crippen LogP contribution in [-0.4, -0.2) is 34.8 Å². The Morgan fingerprint density at radius 3 is 2.43 bits per heavy atom. The number of hydrogen-bond acceptors (Lipinski definition) is 4. The molecule has 1 aliphatic heterocycles. The van der Waals surface area contributed by atoms with Gasteiger partial charge < -0.3 is 10.2 Å². The second-order valence-electron chi connectivity index (χ2n) is 8.37. The molecular weight excluding hydrogens is 482 g/mol. The number of nitrogens with one attached hydrogen (secondary N) is 1. The molecule has 3 aromatic rings. The standard InChI is InChI=1S/C25H23F4N3O2S/c26-19-7-5-16(6-8-19)13-22(33)32-11-9-17(10-12-32)24-31-21(15-35-24)23(34)30-14-18-3-1-2-4-20(18)25(27,28)29/h1-8,15,17H,9-14H2,(H,30,34). The van der Waals surface area contributed by atoms with E-state index >= 15 is 0 Å². The van der Waals surface area contributed by atoms with Crippen LogP contribution in [0.4, 0.5) is 17.6 Å². The van der Waals surface area contributed by atoms with Crippen LogP contribution in [0.1, 0.15) is 50.9 Å². The first-order chi connectivity index (χ1) is 16.7. The molecule has 1 N–H and O–H groups in total. The Morgan fingerprint density at radius 1 is 1.06 bits per heavy atom. The van der Waals surface area contributed by atoms with E-state index < -0.39 is 17.6 Å². The number of likely N-dealkylation sites (tertiary alicyclic amines) is 1. The molecule has 184 valence electrons. The van der Waals surface area contributed by atoms with Crippen molar-refractivity contribution >= 4 is 23.2 Å². The molecule has 2 amide bonds. The fraction of sp³-hybridized carbons (Fsp3) is 0.320. The zero-order valence-corrected chi connectivity index (χ0v) is 19.5. The van der Waals surface area contributed by atoms with Crippen LogP contribution in [0, 0.1) is 5.82 Å². The number of alkyl halides is 3. The van der Waals surface area contributed by atoms with Gasteiger partial charge in [0.25, 0.3) is 5.91 Å². The van der Waals surface area contributed by atoms with Crippen molar-refractivity contribution < 1.29 is 27.2 Å². The van der Waals surface area contributed by atoms with Crippen LogP contribution in [0.25, 0.3) is 0 Å². The number of carbonyl (C=O) groups excluding carboxylic acids is 2. The number of hydrogen-bond donors (Lipinski definition) is 1. The molecule has 35 heavy (non-hydrogen) atoms. The molecule has 0 radical (unpaired) electrons. The van der Waals surface area contributed by atoms with Crippen molar-refractivity contribution in [3.05, 3.63) is 87.1 Å². The molecule has 0 saturated carbocycles. The molecule has 1 saturated heterocycles. The maximum Gasteiger partial charge on any atom is 0.416 e. The number of amides is 2. The van der Waals surface area contributed by atoms with Crippen LogP contribution >= 0.6 is 11.3 Å². The SMILES string of the molecule is O=C(NCc1ccccc1C(F)(F)F)c1csc(C2CCN(C(=O)Cc3ccc(F)cc3)CC2)n1. The summed E-state index contributed by atoms with van der Waals surface area (Å²) in [4.78, 5) is 31.2. The molecule has 1 fully saturated rings. The van der Waals surface area contributed by atoms with E-state index in [4.69, 9.17) is 0 Å². The molecule has 1 aromatic heterocycles. The van der Waals surface area contributed by atoms with E-state index in [1.165, 1.54) is 41.7 Å². The summed E-state index contributed by atoms with van der Waals surface area (Å²) < 4.78 is 52.5. The Hall–Kier alpha value is -3.27. The third kappa shape index (κ3) is 6.25. The van der Waals surface area contributed by atoms with Crippen molar-refractivity contribution in [2.24, 2.45) is 0 Å². The highest BCUT2D eigenvalue weighted by atomic mass is 32.1. The Labute approximate surface area is 203 Å². The van der Waals surface area contributed by atoms with Gasteiger partial charge in [-0.1, -0.05) is 30.3 Å². The molecule has 0 bridgehead atoms. The normalized spacial score (nSPS) is 14.7. The number of benzene rings is 2. The van der Waals surface area contributed by atoms with E-state index in [0.717, 1.165) is 16.6 Å². The highest BCUT2D eigenvalue weighted by Gasteiger charge is 2.33. The summed E-state index contributed by atoms with van der Waals surface area (Å²) in [6.45, 7) is 0.857. The van der Waals surface area contributed by atoms with E-state index in [1.54, 1.807) is 22.4 Å². The van der Waals surface area contributed by atoms with E-state index in [1.807, 2.05) is 0 Å². The maximum atomic E-state index is 13.1. The Kier molecular flexibility index (Phi) is 7.49. The van der Waals surface area contributed by atoms with Gasteiger partial charge in [-0.2, -0.15) is 13.2 Å². The van der Waals surface area contributed by atoms with Crippen molar-refractivity contribution in [2.45, 2.75) is 37.9 Å². The van der Waals surface area contributed by atoms with Crippen LogP contribution in [-0.2, 0) is 23.9 Å². The van der Waals surface area contributed by atoms with Crippen LogP contribution in [0.2, 0.25) is 0 Å². The van der Waals surface area contributed by atoms with Gasteiger partial charge >= 0.3 is 6.18 Å².